The van der Waals surface area contributed by atoms with Crippen LogP contribution in [0.5, 0.6) is 0 Å². The van der Waals surface area contributed by atoms with Crippen LogP contribution in [0.2, 0.25) is 0 Å². The second-order valence-electron chi connectivity index (χ2n) is 25.7. The van der Waals surface area contributed by atoms with Crippen molar-refractivity contribution in [2.24, 2.45) is 0 Å². The van der Waals surface area contributed by atoms with E-state index in [1.54, 1.807) is 0 Å². The number of para-hydroxylation sites is 4. The third kappa shape index (κ3) is 8.51. The largest absolute Gasteiger partial charge is 0.310 e. The number of nitrogens with zero attached hydrogens (tertiary/aromatic N) is 4. The van der Waals surface area contributed by atoms with Crippen molar-refractivity contribution in [3.05, 3.63) is 308 Å². The lowest BCUT2D eigenvalue weighted by Gasteiger charge is -2.47. The van der Waals surface area contributed by atoms with E-state index in [9.17, 15) is 0 Å². The first-order valence-corrected chi connectivity index (χ1v) is 32.3. The van der Waals surface area contributed by atoms with Crippen LogP contribution in [0.4, 0.5) is 34.1 Å². The summed E-state index contributed by atoms with van der Waals surface area (Å²) in [5.41, 5.74) is 31.1. The molecule has 0 saturated carbocycles. The third-order valence-electron chi connectivity index (χ3n) is 19.6. The van der Waals surface area contributed by atoms with Gasteiger partial charge in [0.1, 0.15) is 0 Å². The van der Waals surface area contributed by atoms with Crippen molar-refractivity contribution in [2.75, 3.05) is 9.80 Å². The molecular formula is C86H67BN4. The predicted octanol–water partition coefficient (Wildman–Crippen LogP) is 21.1. The van der Waals surface area contributed by atoms with Crippen molar-refractivity contribution < 1.29 is 0 Å². The van der Waals surface area contributed by atoms with E-state index in [1.165, 1.54) is 155 Å². The van der Waals surface area contributed by atoms with Crippen LogP contribution in [0, 0.1) is 0 Å². The molecule has 0 radical (unpaired) electrons. The fourth-order valence-electron chi connectivity index (χ4n) is 15.5. The van der Waals surface area contributed by atoms with E-state index in [4.69, 9.17) is 0 Å². The molecule has 0 bridgehead atoms. The zero-order chi connectivity index (χ0) is 61.1. The number of hydrogen-bond acceptors (Lipinski definition) is 2. The summed E-state index contributed by atoms with van der Waals surface area (Å²) in [5, 5.41) is 5.00. The maximum atomic E-state index is 2.74. The Morgan fingerprint density at radius 1 is 0.297 bits per heavy atom. The average Bonchev–Trinajstić information content (AvgIpc) is 0.861. The molecule has 13 aromatic carbocycles. The molecule has 0 aliphatic carbocycles. The van der Waals surface area contributed by atoms with E-state index >= 15 is 0 Å². The highest BCUT2D eigenvalue weighted by Gasteiger charge is 2.47. The predicted molar refractivity (Wildman–Crippen MR) is 388 cm³/mol. The molecule has 2 aromatic heterocycles. The minimum absolute atomic E-state index is 0.179. The topological polar surface area (TPSA) is 16.3 Å². The summed E-state index contributed by atoms with van der Waals surface area (Å²) < 4.78 is 5.11. The van der Waals surface area contributed by atoms with Gasteiger partial charge in [0, 0.05) is 55.4 Å². The van der Waals surface area contributed by atoms with Crippen molar-refractivity contribution in [2.45, 2.75) is 52.9 Å². The number of benzene rings is 13. The molecule has 17 rings (SSSR count). The summed E-state index contributed by atoms with van der Waals surface area (Å²) in [5.74, 6) is 0. The number of rotatable bonds is 10. The van der Waals surface area contributed by atoms with Crippen LogP contribution in [0.1, 0.15) is 51.3 Å². The minimum atomic E-state index is -0.280. The van der Waals surface area contributed by atoms with Crippen LogP contribution in [0.15, 0.2) is 291 Å². The zero-order valence-electron chi connectivity index (χ0n) is 52.0. The quantitative estimate of drug-likeness (QED) is 0.127. The van der Waals surface area contributed by atoms with Gasteiger partial charge in [-0.1, -0.05) is 265 Å². The molecule has 0 atom stereocenters. The minimum Gasteiger partial charge on any atom is -0.310 e. The van der Waals surface area contributed by atoms with E-state index in [2.05, 4.69) is 345 Å². The highest BCUT2D eigenvalue weighted by atomic mass is 15.2. The summed E-state index contributed by atoms with van der Waals surface area (Å²) in [6.07, 6.45) is 1.56. The Balaban J connectivity index is 1.06. The molecule has 0 N–H and O–H groups in total. The fourth-order valence-corrected chi connectivity index (χ4v) is 15.5. The van der Waals surface area contributed by atoms with E-state index < -0.39 is 0 Å². The number of hydrogen-bond donors (Lipinski definition) is 0. The lowest BCUT2D eigenvalue weighted by atomic mass is 9.33. The van der Waals surface area contributed by atoms with Gasteiger partial charge in [-0.25, -0.2) is 0 Å². The standard InChI is InChI=1S/C86H67BN4/c1-6-63-77(88-73-40-24-20-36-67(73)68-37-21-25-41-74(68)88)50-48-71-84(63)90(79-52-60(56-28-12-8-13-29-56)44-46-65(79)58-32-16-10-17-33-58)81-54-62(86(3,4)5)55-82-83(81)87(71)72-49-51-78(89-75-42-26-22-38-69(75)70-39-23-27-43-76(70)89)64(7-2)85(72)91(82)80-53-61(57-30-14-9-15-31-57)45-47-66(80)59-34-18-11-19-35-59/h8-55H,6-7H2,1-5H3. The monoisotopic (exact) mass is 1170 g/mol. The molecule has 0 saturated heterocycles. The van der Waals surface area contributed by atoms with Crippen LogP contribution in [-0.2, 0) is 18.3 Å². The summed E-state index contributed by atoms with van der Waals surface area (Å²) in [7, 11) is 0. The number of fused-ring (bicyclic) bond motifs is 10. The fraction of sp³-hybridized carbons (Fsp3) is 0.0930. The molecule has 434 valence electrons. The summed E-state index contributed by atoms with van der Waals surface area (Å²) in [4.78, 5) is 5.47. The van der Waals surface area contributed by atoms with Crippen LogP contribution >= 0.6 is 0 Å². The molecule has 0 spiro atoms. The Bertz CT molecular complexity index is 4930. The maximum absolute atomic E-state index is 2.74. The van der Waals surface area contributed by atoms with Gasteiger partial charge in [-0.05, 0) is 145 Å². The lowest BCUT2D eigenvalue weighted by Crippen LogP contribution is -2.62. The summed E-state index contributed by atoms with van der Waals surface area (Å²) in [6.45, 7) is 11.8. The van der Waals surface area contributed by atoms with Crippen LogP contribution in [-0.4, -0.2) is 15.8 Å². The molecule has 2 aliphatic heterocycles. The third-order valence-corrected chi connectivity index (χ3v) is 19.6. The van der Waals surface area contributed by atoms with E-state index in [-0.39, 0.29) is 12.1 Å². The second kappa shape index (κ2) is 21.4. The first kappa shape index (κ1) is 54.3. The molecule has 91 heavy (non-hydrogen) atoms. The van der Waals surface area contributed by atoms with Crippen LogP contribution in [0.25, 0.3) is 99.5 Å². The van der Waals surface area contributed by atoms with Crippen molar-refractivity contribution in [3.63, 3.8) is 0 Å². The van der Waals surface area contributed by atoms with E-state index in [0.717, 1.165) is 24.2 Å². The number of anilines is 6. The second-order valence-corrected chi connectivity index (χ2v) is 25.7. The first-order chi connectivity index (χ1) is 44.7. The normalized spacial score (nSPS) is 12.7. The summed E-state index contributed by atoms with van der Waals surface area (Å²) >= 11 is 0. The van der Waals surface area contributed by atoms with Gasteiger partial charge < -0.3 is 18.9 Å². The van der Waals surface area contributed by atoms with E-state index in [0.29, 0.717) is 0 Å². The van der Waals surface area contributed by atoms with Crippen molar-refractivity contribution in [1.82, 2.24) is 9.13 Å². The van der Waals surface area contributed by atoms with Crippen LogP contribution in [0.3, 0.4) is 0 Å². The molecule has 4 heterocycles. The van der Waals surface area contributed by atoms with Gasteiger partial charge in [-0.15, -0.1) is 0 Å². The van der Waals surface area contributed by atoms with Gasteiger partial charge in [0.05, 0.1) is 44.8 Å². The summed E-state index contributed by atoms with van der Waals surface area (Å²) in [6, 6.07) is 110. The van der Waals surface area contributed by atoms with E-state index in [1.807, 2.05) is 0 Å². The first-order valence-electron chi connectivity index (χ1n) is 32.3. The zero-order valence-corrected chi connectivity index (χ0v) is 52.0. The Morgan fingerprint density at radius 2 is 0.626 bits per heavy atom. The van der Waals surface area contributed by atoms with Crippen molar-refractivity contribution in [1.29, 1.82) is 0 Å². The molecule has 4 nitrogen and oxygen atoms in total. The van der Waals surface area contributed by atoms with Crippen LogP contribution < -0.4 is 26.2 Å². The maximum Gasteiger partial charge on any atom is 0.252 e. The van der Waals surface area contributed by atoms with Gasteiger partial charge in [0.2, 0.25) is 0 Å². The van der Waals surface area contributed by atoms with Crippen molar-refractivity contribution in [3.8, 4) is 55.9 Å². The molecule has 0 amide bonds. The molecule has 0 unspecified atom stereocenters. The van der Waals surface area contributed by atoms with Gasteiger partial charge in [-0.2, -0.15) is 0 Å². The Labute approximate surface area is 533 Å². The Hall–Kier alpha value is -10.9. The SMILES string of the molecule is CCc1c(-n2c3ccccc3c3ccccc32)ccc2c1N(c1cc(-c3ccccc3)ccc1-c1ccccc1)c1cc(C(C)(C)C)cc3c1B2c1ccc(-n2c4ccccc4c4ccccc42)c(CC)c1N3c1cc(-c2ccccc2)ccc1-c1ccccc1. The van der Waals surface area contributed by atoms with Gasteiger partial charge >= 0.3 is 0 Å². The molecular weight excluding hydrogens is 1100 g/mol. The highest BCUT2D eigenvalue weighted by Crippen LogP contribution is 2.54. The average molecular weight is 1170 g/mol. The lowest BCUT2D eigenvalue weighted by molar-refractivity contribution is 0.590. The molecule has 5 heteroatoms. The molecule has 0 fully saturated rings. The Morgan fingerprint density at radius 3 is 0.967 bits per heavy atom. The Kier molecular flexibility index (Phi) is 12.8. The highest BCUT2D eigenvalue weighted by molar-refractivity contribution is 7.00. The van der Waals surface area contributed by atoms with Gasteiger partial charge in [-0.3, -0.25) is 0 Å². The van der Waals surface area contributed by atoms with Gasteiger partial charge in [0.25, 0.3) is 6.71 Å². The van der Waals surface area contributed by atoms with Crippen molar-refractivity contribution >= 4 is 101 Å². The van der Waals surface area contributed by atoms with Gasteiger partial charge in [0.15, 0.2) is 0 Å². The molecule has 2 aliphatic rings. The number of aromatic nitrogens is 2. The molecule has 15 aromatic rings. The smallest absolute Gasteiger partial charge is 0.252 e.